The molecular weight excluding hydrogens is 340 g/mol. The molecule has 1 aromatic carbocycles. The summed E-state index contributed by atoms with van der Waals surface area (Å²) in [6.07, 6.45) is 1.19. The molecule has 2 rings (SSSR count). The van der Waals surface area contributed by atoms with E-state index in [-0.39, 0.29) is 24.4 Å². The van der Waals surface area contributed by atoms with E-state index >= 15 is 0 Å². The number of carbonyl (C=O) groups excluding carboxylic acids is 1. The molecule has 0 spiro atoms. The van der Waals surface area contributed by atoms with Crippen LogP contribution in [0.15, 0.2) is 24.3 Å². The molecule has 136 valence electrons. The summed E-state index contributed by atoms with van der Waals surface area (Å²) in [5.74, 6) is -0.0566. The topological polar surface area (TPSA) is 84.7 Å². The Morgan fingerprint density at radius 2 is 1.88 bits per heavy atom. The first-order valence-electron chi connectivity index (χ1n) is 8.33. The van der Waals surface area contributed by atoms with E-state index in [1.807, 2.05) is 6.07 Å². The molecule has 8 heteroatoms. The van der Waals surface area contributed by atoms with Crippen LogP contribution in [0.4, 0.5) is 5.69 Å². The van der Waals surface area contributed by atoms with Crippen molar-refractivity contribution in [2.24, 2.45) is 0 Å². The van der Waals surface area contributed by atoms with Gasteiger partial charge in [-0.15, -0.1) is 0 Å². The number of likely N-dealkylation sites (N-methyl/N-ethyl adjacent to an activating group) is 1. The maximum Gasteiger partial charge on any atom is 0.232 e. The molecule has 1 aliphatic heterocycles. The number of hydrogen-bond acceptors (Lipinski definition) is 5. The molecule has 25 heavy (non-hydrogen) atoms. The first kappa shape index (κ1) is 19.2. The zero-order chi connectivity index (χ0) is 18.4. The van der Waals surface area contributed by atoms with Crippen LogP contribution in [-0.4, -0.2) is 69.6 Å². The molecule has 0 radical (unpaired) electrons. The second-order valence-electron chi connectivity index (χ2n) is 6.03. The number of piperazine rings is 1. The molecule has 0 aliphatic carbocycles. The van der Waals surface area contributed by atoms with Crippen molar-refractivity contribution in [3.05, 3.63) is 29.8 Å². The van der Waals surface area contributed by atoms with E-state index in [9.17, 15) is 18.5 Å². The van der Waals surface area contributed by atoms with Crippen molar-refractivity contribution in [2.45, 2.75) is 13.3 Å². The standard InChI is InChI=1S/C17H24N4O3S/c1-3-19-10-12-20(13-11-19)17(22)8-9-21(25(2,23)24)16-7-5-4-6-15(16)14-18/h4-7H,3,8-13H2,1-2H3. The summed E-state index contributed by atoms with van der Waals surface area (Å²) in [4.78, 5) is 16.5. The van der Waals surface area contributed by atoms with Crippen LogP contribution >= 0.6 is 0 Å². The van der Waals surface area contributed by atoms with Crippen LogP contribution in [0.3, 0.4) is 0 Å². The number of nitrogens with zero attached hydrogens (tertiary/aromatic N) is 4. The van der Waals surface area contributed by atoms with Crippen LogP contribution in [-0.2, 0) is 14.8 Å². The van der Waals surface area contributed by atoms with Crippen molar-refractivity contribution in [3.63, 3.8) is 0 Å². The first-order valence-corrected chi connectivity index (χ1v) is 10.2. The summed E-state index contributed by atoms with van der Waals surface area (Å²) < 4.78 is 25.5. The molecule has 0 aromatic heterocycles. The Labute approximate surface area is 149 Å². The van der Waals surface area contributed by atoms with Crippen molar-refractivity contribution in [3.8, 4) is 6.07 Å². The van der Waals surface area contributed by atoms with Crippen molar-refractivity contribution in [2.75, 3.05) is 49.8 Å². The summed E-state index contributed by atoms with van der Waals surface area (Å²) in [5.41, 5.74) is 0.591. The summed E-state index contributed by atoms with van der Waals surface area (Å²) in [7, 11) is -3.59. The van der Waals surface area contributed by atoms with Crippen LogP contribution in [0.2, 0.25) is 0 Å². The average molecular weight is 364 g/mol. The molecule has 1 fully saturated rings. The minimum atomic E-state index is -3.59. The molecule has 0 unspecified atom stereocenters. The third kappa shape index (κ3) is 4.94. The largest absolute Gasteiger partial charge is 0.340 e. The van der Waals surface area contributed by atoms with Gasteiger partial charge in [-0.2, -0.15) is 5.26 Å². The fraction of sp³-hybridized carbons (Fsp3) is 0.529. The van der Waals surface area contributed by atoms with Gasteiger partial charge in [-0.25, -0.2) is 8.42 Å². The molecular formula is C17H24N4O3S. The Kier molecular flexibility index (Phi) is 6.39. The number of nitriles is 1. The number of rotatable bonds is 6. The maximum absolute atomic E-state index is 12.4. The van der Waals surface area contributed by atoms with Crippen molar-refractivity contribution >= 4 is 21.6 Å². The van der Waals surface area contributed by atoms with Gasteiger partial charge in [0.2, 0.25) is 15.9 Å². The second kappa shape index (κ2) is 8.32. The minimum absolute atomic E-state index is 0.0321. The van der Waals surface area contributed by atoms with Gasteiger partial charge in [0.25, 0.3) is 0 Å². The number of amides is 1. The molecule has 0 atom stereocenters. The number of para-hydroxylation sites is 1. The molecule has 1 amide bonds. The molecule has 1 aliphatic rings. The lowest BCUT2D eigenvalue weighted by Crippen LogP contribution is -2.49. The Balaban J connectivity index is 2.07. The Morgan fingerprint density at radius 1 is 1.24 bits per heavy atom. The second-order valence-corrected chi connectivity index (χ2v) is 7.94. The van der Waals surface area contributed by atoms with Gasteiger partial charge in [0.15, 0.2) is 0 Å². The van der Waals surface area contributed by atoms with Gasteiger partial charge in [0, 0.05) is 39.1 Å². The van der Waals surface area contributed by atoms with Gasteiger partial charge >= 0.3 is 0 Å². The summed E-state index contributed by atoms with van der Waals surface area (Å²) >= 11 is 0. The lowest BCUT2D eigenvalue weighted by molar-refractivity contribution is -0.132. The predicted molar refractivity (Wildman–Crippen MR) is 96.7 cm³/mol. The normalized spacial score (nSPS) is 15.6. The van der Waals surface area contributed by atoms with E-state index in [1.165, 1.54) is 0 Å². The number of sulfonamides is 1. The molecule has 0 saturated carbocycles. The van der Waals surface area contributed by atoms with Crippen LogP contribution in [0.1, 0.15) is 18.9 Å². The molecule has 0 bridgehead atoms. The van der Waals surface area contributed by atoms with Crippen LogP contribution in [0.25, 0.3) is 0 Å². The highest BCUT2D eigenvalue weighted by atomic mass is 32.2. The van der Waals surface area contributed by atoms with E-state index in [0.29, 0.717) is 18.8 Å². The fourth-order valence-corrected chi connectivity index (χ4v) is 3.86. The van der Waals surface area contributed by atoms with Crippen LogP contribution in [0.5, 0.6) is 0 Å². The highest BCUT2D eigenvalue weighted by Gasteiger charge is 2.24. The van der Waals surface area contributed by atoms with Gasteiger partial charge in [-0.05, 0) is 18.7 Å². The molecule has 1 aromatic rings. The summed E-state index contributed by atoms with van der Waals surface area (Å²) in [5, 5.41) is 9.21. The monoisotopic (exact) mass is 364 g/mol. The molecule has 7 nitrogen and oxygen atoms in total. The zero-order valence-electron chi connectivity index (χ0n) is 14.7. The van der Waals surface area contributed by atoms with E-state index < -0.39 is 10.0 Å². The third-order valence-electron chi connectivity index (χ3n) is 4.39. The van der Waals surface area contributed by atoms with E-state index in [2.05, 4.69) is 11.8 Å². The van der Waals surface area contributed by atoms with E-state index in [0.717, 1.165) is 30.2 Å². The number of benzene rings is 1. The van der Waals surface area contributed by atoms with Crippen LogP contribution < -0.4 is 4.31 Å². The van der Waals surface area contributed by atoms with Crippen molar-refractivity contribution in [1.82, 2.24) is 9.80 Å². The Hall–Kier alpha value is -2.11. The Bertz CT molecular complexity index is 749. The molecule has 1 heterocycles. The molecule has 1 saturated heterocycles. The number of anilines is 1. The SMILES string of the molecule is CCN1CCN(C(=O)CCN(c2ccccc2C#N)S(C)(=O)=O)CC1. The predicted octanol–water partition coefficient (Wildman–Crippen LogP) is 0.878. The number of hydrogen-bond donors (Lipinski definition) is 0. The van der Waals surface area contributed by atoms with E-state index in [1.54, 1.807) is 29.2 Å². The highest BCUT2D eigenvalue weighted by Crippen LogP contribution is 2.22. The van der Waals surface area contributed by atoms with Gasteiger partial charge in [-0.1, -0.05) is 19.1 Å². The Morgan fingerprint density at radius 3 is 2.44 bits per heavy atom. The molecule has 0 N–H and O–H groups in total. The van der Waals surface area contributed by atoms with Gasteiger partial charge in [0.1, 0.15) is 6.07 Å². The lowest BCUT2D eigenvalue weighted by atomic mass is 10.2. The smallest absolute Gasteiger partial charge is 0.232 e. The fourth-order valence-electron chi connectivity index (χ4n) is 2.92. The van der Waals surface area contributed by atoms with Gasteiger partial charge < -0.3 is 9.80 Å². The van der Waals surface area contributed by atoms with Crippen LogP contribution in [0, 0.1) is 11.3 Å². The average Bonchev–Trinajstić information content (AvgIpc) is 2.61. The summed E-state index contributed by atoms with van der Waals surface area (Å²) in [6, 6.07) is 8.52. The van der Waals surface area contributed by atoms with Crippen molar-refractivity contribution < 1.29 is 13.2 Å². The minimum Gasteiger partial charge on any atom is -0.340 e. The van der Waals surface area contributed by atoms with Crippen molar-refractivity contribution in [1.29, 1.82) is 5.26 Å². The number of carbonyl (C=O) groups is 1. The quantitative estimate of drug-likeness (QED) is 0.748. The van der Waals surface area contributed by atoms with Gasteiger partial charge in [-0.3, -0.25) is 9.10 Å². The summed E-state index contributed by atoms with van der Waals surface area (Å²) in [6.45, 7) is 6.11. The third-order valence-corrected chi connectivity index (χ3v) is 5.57. The van der Waals surface area contributed by atoms with Gasteiger partial charge in [0.05, 0.1) is 17.5 Å². The zero-order valence-corrected chi connectivity index (χ0v) is 15.5. The first-order chi connectivity index (χ1) is 11.9. The maximum atomic E-state index is 12.4. The van der Waals surface area contributed by atoms with E-state index in [4.69, 9.17) is 0 Å². The highest BCUT2D eigenvalue weighted by molar-refractivity contribution is 7.92. The lowest BCUT2D eigenvalue weighted by Gasteiger charge is -2.34.